The molecule has 0 rings (SSSR count). The molecule has 0 saturated heterocycles. The van der Waals surface area contributed by atoms with Gasteiger partial charge in [-0.05, 0) is 24.6 Å². The van der Waals surface area contributed by atoms with E-state index in [0.29, 0.717) is 19.4 Å². The standard InChI is InChI=1S/C14H32OSi/c1-7-8-9-10-11-12-13-15-16(5,6)14(2,3)4/h7-13H2,1-6H3/i1D3,7D2,8D2. The zero-order valence-electron chi connectivity index (χ0n) is 18.4. The van der Waals surface area contributed by atoms with Crippen molar-refractivity contribution < 1.29 is 14.0 Å². The lowest BCUT2D eigenvalue weighted by Gasteiger charge is -2.36. The van der Waals surface area contributed by atoms with E-state index in [1.54, 1.807) is 0 Å². The molecular weight excluding hydrogens is 212 g/mol. The van der Waals surface area contributed by atoms with Crippen molar-refractivity contribution in [3.05, 3.63) is 0 Å². The second kappa shape index (κ2) is 7.49. The average Bonchev–Trinajstić information content (AvgIpc) is 2.30. The summed E-state index contributed by atoms with van der Waals surface area (Å²) in [5.41, 5.74) is 0. The predicted molar refractivity (Wildman–Crippen MR) is 76.5 cm³/mol. The minimum absolute atomic E-state index is 0.0987. The predicted octanol–water partition coefficient (Wildman–Crippen LogP) is 5.37. The van der Waals surface area contributed by atoms with Gasteiger partial charge in [0.05, 0.1) is 0 Å². The Labute approximate surface area is 114 Å². The van der Waals surface area contributed by atoms with Crippen molar-refractivity contribution in [2.24, 2.45) is 0 Å². The molecule has 0 N–H and O–H groups in total. The van der Waals surface area contributed by atoms with Gasteiger partial charge in [-0.3, -0.25) is 0 Å². The summed E-state index contributed by atoms with van der Waals surface area (Å²) < 4.78 is 58.2. The van der Waals surface area contributed by atoms with Crippen LogP contribution in [-0.2, 0) is 4.43 Å². The summed E-state index contributed by atoms with van der Waals surface area (Å²) in [6, 6.07) is 0. The zero-order chi connectivity index (χ0) is 18.7. The summed E-state index contributed by atoms with van der Waals surface area (Å²) in [4.78, 5) is 0. The van der Waals surface area contributed by atoms with E-state index in [1.165, 1.54) is 0 Å². The van der Waals surface area contributed by atoms with E-state index in [4.69, 9.17) is 14.0 Å². The molecular formula is C14H32OSi. The minimum atomic E-state index is -2.96. The number of hydrogen-bond donors (Lipinski definition) is 0. The van der Waals surface area contributed by atoms with Gasteiger partial charge in [-0.25, -0.2) is 0 Å². The molecule has 0 radical (unpaired) electrons. The van der Waals surface area contributed by atoms with E-state index >= 15 is 0 Å². The van der Waals surface area contributed by atoms with E-state index in [-0.39, 0.29) is 11.5 Å². The molecule has 1 nitrogen and oxygen atoms in total. The van der Waals surface area contributed by atoms with Crippen LogP contribution in [0.3, 0.4) is 0 Å². The summed E-state index contributed by atoms with van der Waals surface area (Å²) >= 11 is 0. The monoisotopic (exact) mass is 251 g/mol. The van der Waals surface area contributed by atoms with Crippen LogP contribution in [0.2, 0.25) is 18.1 Å². The average molecular weight is 252 g/mol. The topological polar surface area (TPSA) is 9.23 Å². The van der Waals surface area contributed by atoms with Gasteiger partial charge < -0.3 is 4.43 Å². The van der Waals surface area contributed by atoms with Crippen molar-refractivity contribution >= 4 is 8.32 Å². The Morgan fingerprint density at radius 3 is 2.31 bits per heavy atom. The van der Waals surface area contributed by atoms with Gasteiger partial charge >= 0.3 is 0 Å². The maximum absolute atomic E-state index is 7.75. The summed E-state index contributed by atoms with van der Waals surface area (Å²) in [7, 11) is -1.76. The fourth-order valence-electron chi connectivity index (χ4n) is 1.10. The molecule has 0 aromatic carbocycles. The summed E-state index contributed by atoms with van der Waals surface area (Å²) in [6.45, 7) is 8.53. The maximum Gasteiger partial charge on any atom is 0.191 e. The second-order valence-electron chi connectivity index (χ2n) is 5.72. The van der Waals surface area contributed by atoms with Gasteiger partial charge in [-0.1, -0.05) is 59.6 Å². The third-order valence-corrected chi connectivity index (χ3v) is 7.84. The fraction of sp³-hybridized carbons (Fsp3) is 1.00. The lowest BCUT2D eigenvalue weighted by molar-refractivity contribution is 0.277. The first-order valence-electron chi connectivity index (χ1n) is 9.60. The van der Waals surface area contributed by atoms with Gasteiger partial charge in [-0.15, -0.1) is 0 Å². The second-order valence-corrected chi connectivity index (χ2v) is 10.5. The van der Waals surface area contributed by atoms with E-state index in [1.807, 2.05) is 0 Å². The number of hydrogen-bond acceptors (Lipinski definition) is 1. The Kier molecular flexibility index (Phi) is 3.55. The molecule has 0 aliphatic carbocycles. The molecule has 0 amide bonds. The van der Waals surface area contributed by atoms with Crippen LogP contribution in [0, 0.1) is 0 Å². The van der Waals surface area contributed by atoms with Gasteiger partial charge in [0.1, 0.15) is 0 Å². The van der Waals surface area contributed by atoms with Crippen molar-refractivity contribution in [3.8, 4) is 0 Å². The third-order valence-electron chi connectivity index (χ3n) is 3.30. The number of unbranched alkanes of at least 4 members (excludes halogenated alkanes) is 2. The lowest BCUT2D eigenvalue weighted by atomic mass is 10.1. The highest BCUT2D eigenvalue weighted by Gasteiger charge is 2.36. The fourth-order valence-corrected chi connectivity index (χ4v) is 2.19. The highest BCUT2D eigenvalue weighted by molar-refractivity contribution is 6.74. The Morgan fingerprint density at radius 2 is 1.75 bits per heavy atom. The van der Waals surface area contributed by atoms with Gasteiger partial charge in [-0.2, -0.15) is 0 Å². The molecule has 0 spiro atoms. The Morgan fingerprint density at radius 1 is 1.12 bits per heavy atom. The molecule has 0 atom stereocenters. The summed E-state index contributed by atoms with van der Waals surface area (Å²) in [5, 5.41) is 0.153. The molecule has 0 aliphatic rings. The highest BCUT2D eigenvalue weighted by Crippen LogP contribution is 2.36. The SMILES string of the molecule is [2H]C([2H])([2H])C([2H])([2H])C([2H])([2H])CCCCCO[Si](C)(C)C(C)(C)C. The van der Waals surface area contributed by atoms with Crippen molar-refractivity contribution in [3.63, 3.8) is 0 Å². The van der Waals surface area contributed by atoms with Crippen molar-refractivity contribution in [2.75, 3.05) is 6.61 Å². The Bertz CT molecular complexity index is 372. The van der Waals surface area contributed by atoms with Crippen LogP contribution < -0.4 is 0 Å². The van der Waals surface area contributed by atoms with Crippen LogP contribution >= 0.6 is 0 Å². The molecule has 0 unspecified atom stereocenters. The van der Waals surface area contributed by atoms with E-state index < -0.39 is 27.9 Å². The Hall–Kier alpha value is 0.177. The maximum atomic E-state index is 7.75. The Balaban J connectivity index is 4.24. The van der Waals surface area contributed by atoms with Crippen LogP contribution in [0.4, 0.5) is 0 Å². The largest absolute Gasteiger partial charge is 0.417 e. The lowest BCUT2D eigenvalue weighted by Crippen LogP contribution is -2.40. The smallest absolute Gasteiger partial charge is 0.191 e. The van der Waals surface area contributed by atoms with E-state index in [0.717, 1.165) is 6.42 Å². The molecule has 0 aliphatic heterocycles. The van der Waals surface area contributed by atoms with E-state index in [2.05, 4.69) is 33.9 Å². The molecule has 0 aromatic heterocycles. The molecule has 0 aromatic rings. The van der Waals surface area contributed by atoms with Crippen molar-refractivity contribution in [1.82, 2.24) is 0 Å². The highest BCUT2D eigenvalue weighted by atomic mass is 28.4. The van der Waals surface area contributed by atoms with Crippen LogP contribution in [0.25, 0.3) is 0 Å². The zero-order valence-corrected chi connectivity index (χ0v) is 12.4. The molecule has 2 heteroatoms. The van der Waals surface area contributed by atoms with Gasteiger partial charge in [0.15, 0.2) is 8.32 Å². The minimum Gasteiger partial charge on any atom is -0.417 e. The normalized spacial score (nSPS) is 22.2. The van der Waals surface area contributed by atoms with Crippen LogP contribution in [0.5, 0.6) is 0 Å². The van der Waals surface area contributed by atoms with E-state index in [9.17, 15) is 0 Å². The third kappa shape index (κ3) is 6.69. The van der Waals surface area contributed by atoms with Crippen LogP contribution in [-0.4, -0.2) is 14.9 Å². The first kappa shape index (κ1) is 7.58. The van der Waals surface area contributed by atoms with Crippen molar-refractivity contribution in [1.29, 1.82) is 0 Å². The first-order chi connectivity index (χ1) is 9.96. The number of rotatable bonds is 8. The molecule has 16 heavy (non-hydrogen) atoms. The quantitative estimate of drug-likeness (QED) is 0.416. The first-order valence-corrected chi connectivity index (χ1v) is 9.00. The molecule has 0 heterocycles. The van der Waals surface area contributed by atoms with Crippen LogP contribution in [0.15, 0.2) is 0 Å². The van der Waals surface area contributed by atoms with Gasteiger partial charge in [0.25, 0.3) is 0 Å². The van der Waals surface area contributed by atoms with Gasteiger partial charge in [0, 0.05) is 16.2 Å². The van der Waals surface area contributed by atoms with Crippen molar-refractivity contribution in [2.45, 2.75) is 84.2 Å². The van der Waals surface area contributed by atoms with Crippen LogP contribution in [0.1, 0.15) is 75.6 Å². The molecule has 0 bridgehead atoms. The molecule has 0 saturated carbocycles. The molecule has 98 valence electrons. The van der Waals surface area contributed by atoms with Gasteiger partial charge in [0.2, 0.25) is 0 Å². The molecule has 0 fully saturated rings. The summed E-state index contributed by atoms with van der Waals surface area (Å²) in [5.74, 6) is 0. The summed E-state index contributed by atoms with van der Waals surface area (Å²) in [6.07, 6.45) is -3.37.